The van der Waals surface area contributed by atoms with Gasteiger partial charge in [0.05, 0.1) is 0 Å². The standard InChI is InChI=1S/C15H19FN2OS/c1-10(9-20-2)15(19)17-6-5-11-8-18-14-4-3-12(16)7-13(11)14/h3-4,7-8,10,18H,5-6,9H2,1-2H3,(H,17,19)/t10-/m1/s1. The molecule has 0 bridgehead atoms. The molecule has 0 aliphatic rings. The number of thioether (sulfide) groups is 1. The summed E-state index contributed by atoms with van der Waals surface area (Å²) in [6, 6.07) is 4.70. The Bertz CT molecular complexity index is 597. The summed E-state index contributed by atoms with van der Waals surface area (Å²) in [5, 5.41) is 3.81. The minimum Gasteiger partial charge on any atom is -0.361 e. The van der Waals surface area contributed by atoms with Crippen LogP contribution >= 0.6 is 11.8 Å². The number of H-pyrrole nitrogens is 1. The van der Waals surface area contributed by atoms with Gasteiger partial charge >= 0.3 is 0 Å². The van der Waals surface area contributed by atoms with Crippen molar-refractivity contribution in [1.29, 1.82) is 0 Å². The molecule has 2 aromatic rings. The van der Waals surface area contributed by atoms with Crippen LogP contribution < -0.4 is 5.32 Å². The molecule has 1 aromatic heterocycles. The Morgan fingerprint density at radius 2 is 2.30 bits per heavy atom. The van der Waals surface area contributed by atoms with Crippen LogP contribution in [0.1, 0.15) is 12.5 Å². The molecule has 1 aromatic carbocycles. The van der Waals surface area contributed by atoms with Gasteiger partial charge in [-0.25, -0.2) is 4.39 Å². The number of halogens is 1. The van der Waals surface area contributed by atoms with Crippen LogP contribution in [-0.2, 0) is 11.2 Å². The maximum absolute atomic E-state index is 13.2. The lowest BCUT2D eigenvalue weighted by atomic mass is 10.1. The van der Waals surface area contributed by atoms with E-state index in [0.717, 1.165) is 22.2 Å². The third-order valence-corrected chi connectivity index (χ3v) is 4.12. The molecule has 0 saturated heterocycles. The highest BCUT2D eigenvalue weighted by Crippen LogP contribution is 2.19. The molecule has 3 nitrogen and oxygen atoms in total. The van der Waals surface area contributed by atoms with Gasteiger partial charge in [-0.05, 0) is 36.4 Å². The van der Waals surface area contributed by atoms with Gasteiger partial charge in [0.1, 0.15) is 5.82 Å². The molecule has 1 atom stereocenters. The van der Waals surface area contributed by atoms with Crippen LogP contribution in [0.4, 0.5) is 4.39 Å². The summed E-state index contributed by atoms with van der Waals surface area (Å²) in [6.45, 7) is 2.49. The van der Waals surface area contributed by atoms with E-state index in [9.17, 15) is 9.18 Å². The number of carbonyl (C=O) groups is 1. The van der Waals surface area contributed by atoms with E-state index in [1.807, 2.05) is 19.4 Å². The average molecular weight is 294 g/mol. The maximum atomic E-state index is 13.2. The summed E-state index contributed by atoms with van der Waals surface area (Å²) in [6.07, 6.45) is 4.56. The Morgan fingerprint density at radius 3 is 3.05 bits per heavy atom. The van der Waals surface area contributed by atoms with Crippen molar-refractivity contribution in [3.8, 4) is 0 Å². The van der Waals surface area contributed by atoms with Crippen LogP contribution in [0.25, 0.3) is 10.9 Å². The number of hydrogen-bond acceptors (Lipinski definition) is 2. The van der Waals surface area contributed by atoms with E-state index >= 15 is 0 Å². The number of hydrogen-bond donors (Lipinski definition) is 2. The molecule has 0 unspecified atom stereocenters. The maximum Gasteiger partial charge on any atom is 0.223 e. The molecule has 0 fully saturated rings. The number of amides is 1. The Morgan fingerprint density at radius 1 is 1.50 bits per heavy atom. The van der Waals surface area contributed by atoms with E-state index in [-0.39, 0.29) is 17.6 Å². The smallest absolute Gasteiger partial charge is 0.223 e. The molecule has 2 rings (SSSR count). The number of fused-ring (bicyclic) bond motifs is 1. The van der Waals surface area contributed by atoms with Gasteiger partial charge in [0.15, 0.2) is 0 Å². The summed E-state index contributed by atoms with van der Waals surface area (Å²) < 4.78 is 13.2. The number of nitrogens with one attached hydrogen (secondary N) is 2. The van der Waals surface area contributed by atoms with E-state index in [2.05, 4.69) is 10.3 Å². The minimum atomic E-state index is -0.240. The largest absolute Gasteiger partial charge is 0.361 e. The number of aromatic nitrogens is 1. The molecule has 5 heteroatoms. The highest BCUT2D eigenvalue weighted by Gasteiger charge is 2.11. The number of rotatable bonds is 6. The van der Waals surface area contributed by atoms with Crippen molar-refractivity contribution in [1.82, 2.24) is 10.3 Å². The zero-order valence-corrected chi connectivity index (χ0v) is 12.5. The summed E-state index contributed by atoms with van der Waals surface area (Å²) in [4.78, 5) is 14.9. The Kier molecular flexibility index (Phi) is 5.06. The first-order valence-electron chi connectivity index (χ1n) is 6.64. The van der Waals surface area contributed by atoms with Gasteiger partial charge in [0.2, 0.25) is 5.91 Å². The van der Waals surface area contributed by atoms with Crippen LogP contribution in [0, 0.1) is 11.7 Å². The normalized spacial score (nSPS) is 12.6. The fourth-order valence-corrected chi connectivity index (χ4v) is 2.83. The molecule has 0 aliphatic carbocycles. The van der Waals surface area contributed by atoms with Gasteiger partial charge in [0, 0.05) is 35.3 Å². The molecule has 0 saturated carbocycles. The van der Waals surface area contributed by atoms with E-state index < -0.39 is 0 Å². The van der Waals surface area contributed by atoms with Crippen LogP contribution in [0.2, 0.25) is 0 Å². The lowest BCUT2D eigenvalue weighted by molar-refractivity contribution is -0.123. The minimum absolute atomic E-state index is 0.0189. The monoisotopic (exact) mass is 294 g/mol. The molecule has 1 amide bonds. The average Bonchev–Trinajstić information content (AvgIpc) is 2.81. The SMILES string of the molecule is CSC[C@@H](C)C(=O)NCCc1c[nH]c2ccc(F)cc12. The lowest BCUT2D eigenvalue weighted by Crippen LogP contribution is -2.31. The number of benzene rings is 1. The number of carbonyl (C=O) groups excluding carboxylic acids is 1. The molecular formula is C15H19FN2OS. The molecule has 1 heterocycles. The molecule has 0 radical (unpaired) electrons. The predicted molar refractivity (Wildman–Crippen MR) is 82.5 cm³/mol. The fourth-order valence-electron chi connectivity index (χ4n) is 2.18. The molecule has 2 N–H and O–H groups in total. The van der Waals surface area contributed by atoms with Crippen molar-refractivity contribution in [3.05, 3.63) is 35.8 Å². The van der Waals surface area contributed by atoms with Gasteiger partial charge in [-0.15, -0.1) is 0 Å². The summed E-state index contributed by atoms with van der Waals surface area (Å²) in [7, 11) is 0. The van der Waals surface area contributed by atoms with Crippen molar-refractivity contribution < 1.29 is 9.18 Å². The van der Waals surface area contributed by atoms with Gasteiger partial charge in [-0.3, -0.25) is 4.79 Å². The van der Waals surface area contributed by atoms with Gasteiger partial charge < -0.3 is 10.3 Å². The Hall–Kier alpha value is -1.49. The Balaban J connectivity index is 1.93. The van der Waals surface area contributed by atoms with Gasteiger partial charge in [0.25, 0.3) is 0 Å². The topological polar surface area (TPSA) is 44.9 Å². The molecule has 20 heavy (non-hydrogen) atoms. The van der Waals surface area contributed by atoms with Crippen molar-refractivity contribution >= 4 is 28.6 Å². The molecular weight excluding hydrogens is 275 g/mol. The van der Waals surface area contributed by atoms with Gasteiger partial charge in [-0.1, -0.05) is 6.92 Å². The summed E-state index contributed by atoms with van der Waals surface area (Å²) in [5.41, 5.74) is 1.95. The predicted octanol–water partition coefficient (Wildman–Crippen LogP) is 2.96. The van der Waals surface area contributed by atoms with Crippen LogP contribution in [0.3, 0.4) is 0 Å². The van der Waals surface area contributed by atoms with E-state index in [0.29, 0.717) is 13.0 Å². The zero-order valence-electron chi connectivity index (χ0n) is 11.7. The van der Waals surface area contributed by atoms with Crippen molar-refractivity contribution in [2.24, 2.45) is 5.92 Å². The van der Waals surface area contributed by atoms with Crippen LogP contribution in [0.15, 0.2) is 24.4 Å². The van der Waals surface area contributed by atoms with Gasteiger partial charge in [-0.2, -0.15) is 11.8 Å². The van der Waals surface area contributed by atoms with Crippen molar-refractivity contribution in [2.45, 2.75) is 13.3 Å². The third kappa shape index (κ3) is 3.54. The fraction of sp³-hybridized carbons (Fsp3) is 0.400. The summed E-state index contributed by atoms with van der Waals surface area (Å²) in [5.74, 6) is 0.677. The molecule has 108 valence electrons. The highest BCUT2D eigenvalue weighted by molar-refractivity contribution is 7.98. The third-order valence-electron chi connectivity index (χ3n) is 3.29. The first kappa shape index (κ1) is 14.9. The van der Waals surface area contributed by atoms with E-state index in [1.165, 1.54) is 12.1 Å². The molecule has 0 aliphatic heterocycles. The second-order valence-electron chi connectivity index (χ2n) is 4.90. The van der Waals surface area contributed by atoms with Crippen LogP contribution in [-0.4, -0.2) is 29.4 Å². The quantitative estimate of drug-likeness (QED) is 0.860. The Labute approximate surface area is 122 Å². The lowest BCUT2D eigenvalue weighted by Gasteiger charge is -2.10. The second kappa shape index (κ2) is 6.79. The second-order valence-corrected chi connectivity index (χ2v) is 5.81. The zero-order chi connectivity index (χ0) is 14.5. The van der Waals surface area contributed by atoms with E-state index in [1.54, 1.807) is 17.8 Å². The van der Waals surface area contributed by atoms with Crippen LogP contribution in [0.5, 0.6) is 0 Å². The van der Waals surface area contributed by atoms with E-state index in [4.69, 9.17) is 0 Å². The van der Waals surface area contributed by atoms with Crippen molar-refractivity contribution in [3.63, 3.8) is 0 Å². The number of aromatic amines is 1. The first-order chi connectivity index (χ1) is 9.61. The summed E-state index contributed by atoms with van der Waals surface area (Å²) >= 11 is 1.67. The molecule has 0 spiro atoms. The first-order valence-corrected chi connectivity index (χ1v) is 8.03. The van der Waals surface area contributed by atoms with Crippen molar-refractivity contribution in [2.75, 3.05) is 18.6 Å². The highest BCUT2D eigenvalue weighted by atomic mass is 32.2.